The van der Waals surface area contributed by atoms with Crippen LogP contribution in [-0.4, -0.2) is 20.1 Å². The first kappa shape index (κ1) is 23.2. The quantitative estimate of drug-likeness (QED) is 0.325. The molecular weight excluding hydrogens is 426 g/mol. The Morgan fingerprint density at radius 1 is 0.971 bits per heavy atom. The zero-order valence-corrected chi connectivity index (χ0v) is 20.2. The fraction of sp³-hybridized carbons (Fsp3) is 0.207. The van der Waals surface area contributed by atoms with Gasteiger partial charge in [-0.2, -0.15) is 0 Å². The number of furan rings is 1. The van der Waals surface area contributed by atoms with E-state index in [0.717, 1.165) is 44.5 Å². The minimum absolute atomic E-state index is 0.169. The first-order valence-corrected chi connectivity index (χ1v) is 11.2. The molecule has 0 aliphatic rings. The van der Waals surface area contributed by atoms with E-state index in [1.807, 2.05) is 43.3 Å². The van der Waals surface area contributed by atoms with E-state index < -0.39 is 0 Å². The van der Waals surface area contributed by atoms with Crippen molar-refractivity contribution in [2.45, 2.75) is 27.3 Å². The van der Waals surface area contributed by atoms with Crippen LogP contribution in [0.5, 0.6) is 11.5 Å². The Balaban J connectivity index is 1.62. The van der Waals surface area contributed by atoms with Crippen molar-refractivity contribution in [1.29, 1.82) is 0 Å². The Kier molecular flexibility index (Phi) is 6.73. The molecule has 1 amide bonds. The van der Waals surface area contributed by atoms with Gasteiger partial charge >= 0.3 is 0 Å². The fourth-order valence-corrected chi connectivity index (χ4v) is 4.11. The van der Waals surface area contributed by atoms with Crippen LogP contribution < -0.4 is 14.8 Å². The number of aryl methyl sites for hydroxylation is 2. The number of hydrogen-bond donors (Lipinski definition) is 1. The van der Waals surface area contributed by atoms with E-state index in [-0.39, 0.29) is 5.91 Å². The summed E-state index contributed by atoms with van der Waals surface area (Å²) in [6.45, 7) is 6.53. The average Bonchev–Trinajstić information content (AvgIpc) is 3.24. The first-order chi connectivity index (χ1) is 16.4. The van der Waals surface area contributed by atoms with Crippen LogP contribution in [0, 0.1) is 13.8 Å². The molecule has 0 radical (unpaired) electrons. The van der Waals surface area contributed by atoms with Gasteiger partial charge in [0.05, 0.1) is 20.5 Å². The third kappa shape index (κ3) is 4.84. The van der Waals surface area contributed by atoms with Crippen LogP contribution in [-0.2, 0) is 11.3 Å². The van der Waals surface area contributed by atoms with Crippen LogP contribution in [0.1, 0.15) is 29.2 Å². The van der Waals surface area contributed by atoms with E-state index in [4.69, 9.17) is 13.9 Å². The molecule has 174 valence electrons. The number of allylic oxidation sites excluding steroid dienone is 1. The van der Waals surface area contributed by atoms with E-state index in [1.165, 1.54) is 11.1 Å². The molecule has 0 saturated heterocycles. The van der Waals surface area contributed by atoms with Gasteiger partial charge in [0.25, 0.3) is 0 Å². The van der Waals surface area contributed by atoms with Crippen LogP contribution in [0.25, 0.3) is 27.7 Å². The summed E-state index contributed by atoms with van der Waals surface area (Å²) >= 11 is 0. The predicted molar refractivity (Wildman–Crippen MR) is 136 cm³/mol. The number of amides is 1. The molecule has 5 nitrogen and oxygen atoms in total. The maximum atomic E-state index is 12.6. The third-order valence-electron chi connectivity index (χ3n) is 5.97. The van der Waals surface area contributed by atoms with Crippen molar-refractivity contribution in [2.75, 3.05) is 14.2 Å². The molecule has 0 aliphatic carbocycles. The molecule has 3 aromatic carbocycles. The van der Waals surface area contributed by atoms with Gasteiger partial charge in [0.15, 0.2) is 0 Å². The lowest BCUT2D eigenvalue weighted by Crippen LogP contribution is -2.20. The summed E-state index contributed by atoms with van der Waals surface area (Å²) in [5, 5.41) is 3.92. The van der Waals surface area contributed by atoms with E-state index in [9.17, 15) is 4.79 Å². The molecular formula is C29H29NO4. The Labute approximate surface area is 200 Å². The molecule has 0 saturated carbocycles. The molecule has 0 atom stereocenters. The van der Waals surface area contributed by atoms with Gasteiger partial charge in [0, 0.05) is 35.2 Å². The second-order valence-corrected chi connectivity index (χ2v) is 8.41. The lowest BCUT2D eigenvalue weighted by Gasteiger charge is -2.11. The number of fused-ring (bicyclic) bond motifs is 1. The molecule has 0 bridgehead atoms. The smallest absolute Gasteiger partial charge is 0.244 e. The van der Waals surface area contributed by atoms with Crippen molar-refractivity contribution in [2.24, 2.45) is 0 Å². The number of methoxy groups -OCH3 is 2. The molecule has 0 spiro atoms. The number of carbonyl (C=O) groups is 1. The van der Waals surface area contributed by atoms with Crippen molar-refractivity contribution < 1.29 is 18.7 Å². The van der Waals surface area contributed by atoms with Crippen LogP contribution in [0.15, 0.2) is 71.4 Å². The highest BCUT2D eigenvalue weighted by Gasteiger charge is 2.16. The zero-order chi connectivity index (χ0) is 24.2. The number of carbonyl (C=O) groups excluding carboxylic acids is 1. The van der Waals surface area contributed by atoms with E-state index in [2.05, 4.69) is 37.4 Å². The summed E-state index contributed by atoms with van der Waals surface area (Å²) in [6.07, 6.45) is 3.39. The van der Waals surface area contributed by atoms with Gasteiger partial charge < -0.3 is 19.2 Å². The topological polar surface area (TPSA) is 60.7 Å². The normalized spacial score (nSPS) is 11.5. The van der Waals surface area contributed by atoms with Crippen molar-refractivity contribution in [3.8, 4) is 22.6 Å². The minimum Gasteiger partial charge on any atom is -0.497 e. The largest absolute Gasteiger partial charge is 0.497 e. The summed E-state index contributed by atoms with van der Waals surface area (Å²) in [4.78, 5) is 12.6. The Hall–Kier alpha value is -3.99. The summed E-state index contributed by atoms with van der Waals surface area (Å²) in [5.74, 6) is 1.27. The van der Waals surface area contributed by atoms with E-state index in [1.54, 1.807) is 26.6 Å². The van der Waals surface area contributed by atoms with Crippen molar-refractivity contribution in [3.05, 3.63) is 89.2 Å². The average molecular weight is 456 g/mol. The van der Waals surface area contributed by atoms with E-state index >= 15 is 0 Å². The first-order valence-electron chi connectivity index (χ1n) is 11.2. The second kappa shape index (κ2) is 9.87. The standard InChI is InChI=1S/C29H29NO4/c1-18-6-11-23(19(2)12-18)26-17-34-28-15-27(33-5)24(14-25(26)28)20(3)13-29(31)30-16-21-7-9-22(32-4)10-8-21/h6-15,17H,16H2,1-5H3,(H,30,31)/b20-13+. The molecule has 4 aromatic rings. The van der Waals surface area contributed by atoms with Gasteiger partial charge in [0.1, 0.15) is 17.1 Å². The Morgan fingerprint density at radius 2 is 1.74 bits per heavy atom. The minimum atomic E-state index is -0.169. The highest BCUT2D eigenvalue weighted by atomic mass is 16.5. The Bertz CT molecular complexity index is 1360. The zero-order valence-electron chi connectivity index (χ0n) is 20.2. The molecule has 0 fully saturated rings. The predicted octanol–water partition coefficient (Wildman–Crippen LogP) is 6.45. The number of nitrogens with one attached hydrogen (secondary N) is 1. The van der Waals surface area contributed by atoms with Crippen LogP contribution in [0.3, 0.4) is 0 Å². The molecule has 0 unspecified atom stereocenters. The molecule has 4 rings (SSSR count). The summed E-state index contributed by atoms with van der Waals surface area (Å²) in [7, 11) is 3.25. The van der Waals surface area contributed by atoms with Gasteiger partial charge in [-0.05, 0) is 61.2 Å². The van der Waals surface area contributed by atoms with Gasteiger partial charge in [-0.3, -0.25) is 4.79 Å². The lowest BCUT2D eigenvalue weighted by atomic mass is 9.96. The second-order valence-electron chi connectivity index (χ2n) is 8.41. The van der Waals surface area contributed by atoms with Crippen molar-refractivity contribution in [3.63, 3.8) is 0 Å². The number of ether oxygens (including phenoxy) is 2. The third-order valence-corrected chi connectivity index (χ3v) is 5.97. The fourth-order valence-electron chi connectivity index (χ4n) is 4.11. The Morgan fingerprint density at radius 3 is 2.41 bits per heavy atom. The summed E-state index contributed by atoms with van der Waals surface area (Å²) < 4.78 is 16.7. The maximum Gasteiger partial charge on any atom is 0.244 e. The van der Waals surface area contributed by atoms with Gasteiger partial charge in [-0.1, -0.05) is 35.9 Å². The van der Waals surface area contributed by atoms with Crippen LogP contribution >= 0.6 is 0 Å². The van der Waals surface area contributed by atoms with Crippen molar-refractivity contribution >= 4 is 22.4 Å². The number of rotatable bonds is 7. The molecule has 1 N–H and O–H groups in total. The molecule has 1 aromatic heterocycles. The lowest BCUT2D eigenvalue weighted by molar-refractivity contribution is -0.116. The molecule has 1 heterocycles. The summed E-state index contributed by atoms with van der Waals surface area (Å²) in [5.41, 5.74) is 7.94. The molecule has 5 heteroatoms. The van der Waals surface area contributed by atoms with Crippen LogP contribution in [0.4, 0.5) is 0 Å². The highest BCUT2D eigenvalue weighted by Crippen LogP contribution is 2.38. The van der Waals surface area contributed by atoms with Gasteiger partial charge in [-0.25, -0.2) is 0 Å². The number of hydrogen-bond acceptors (Lipinski definition) is 4. The van der Waals surface area contributed by atoms with E-state index in [0.29, 0.717) is 12.3 Å². The van der Waals surface area contributed by atoms with Crippen LogP contribution in [0.2, 0.25) is 0 Å². The summed E-state index contributed by atoms with van der Waals surface area (Å²) in [6, 6.07) is 17.9. The number of benzene rings is 3. The maximum absolute atomic E-state index is 12.6. The monoisotopic (exact) mass is 455 g/mol. The SMILES string of the molecule is COc1ccc(CNC(=O)/C=C(\C)c2cc3c(-c4ccc(C)cc4C)coc3cc2OC)cc1. The molecule has 0 aliphatic heterocycles. The van der Waals surface area contributed by atoms with Crippen molar-refractivity contribution in [1.82, 2.24) is 5.32 Å². The molecule has 34 heavy (non-hydrogen) atoms. The highest BCUT2D eigenvalue weighted by molar-refractivity contribution is 6.00. The van der Waals surface area contributed by atoms with Gasteiger partial charge in [-0.15, -0.1) is 0 Å². The van der Waals surface area contributed by atoms with Gasteiger partial charge in [0.2, 0.25) is 5.91 Å².